The van der Waals surface area contributed by atoms with Crippen molar-refractivity contribution in [3.05, 3.63) is 63.9 Å². The number of carbonyl (C=O) groups excluding carboxylic acids is 1. The quantitative estimate of drug-likeness (QED) is 0.874. The van der Waals surface area contributed by atoms with Gasteiger partial charge in [0.2, 0.25) is 5.91 Å². The highest BCUT2D eigenvalue weighted by atomic mass is 79.9. The maximum atomic E-state index is 13.8. The van der Waals surface area contributed by atoms with Crippen molar-refractivity contribution in [3.8, 4) is 0 Å². The van der Waals surface area contributed by atoms with Crippen molar-refractivity contribution in [1.82, 2.24) is 5.32 Å². The van der Waals surface area contributed by atoms with Gasteiger partial charge in [-0.2, -0.15) is 0 Å². The molecule has 0 aromatic heterocycles. The number of rotatable bonds is 2. The van der Waals surface area contributed by atoms with Crippen LogP contribution in [0, 0.1) is 5.82 Å². The first-order valence-electron chi connectivity index (χ1n) is 6.69. The van der Waals surface area contributed by atoms with Crippen molar-refractivity contribution < 1.29 is 9.18 Å². The van der Waals surface area contributed by atoms with Crippen LogP contribution in [0.1, 0.15) is 11.1 Å². The number of hydrogen-bond donors (Lipinski definition) is 2. The number of hydrogen-bond acceptors (Lipinski definition) is 2. The maximum absolute atomic E-state index is 13.8. The second-order valence-electron chi connectivity index (χ2n) is 5.02. The molecule has 5 heteroatoms. The predicted molar refractivity (Wildman–Crippen MR) is 83.5 cm³/mol. The lowest BCUT2D eigenvalue weighted by atomic mass is 9.95. The Bertz CT molecular complexity index is 690. The molecule has 0 unspecified atom stereocenters. The summed E-state index contributed by atoms with van der Waals surface area (Å²) in [6.07, 6.45) is 0.611. The van der Waals surface area contributed by atoms with Gasteiger partial charge >= 0.3 is 0 Å². The molecule has 0 bridgehead atoms. The van der Waals surface area contributed by atoms with E-state index in [2.05, 4.69) is 26.6 Å². The molecule has 3 nitrogen and oxygen atoms in total. The van der Waals surface area contributed by atoms with E-state index >= 15 is 0 Å². The van der Waals surface area contributed by atoms with E-state index in [0.29, 0.717) is 17.4 Å². The Morgan fingerprint density at radius 3 is 2.76 bits per heavy atom. The van der Waals surface area contributed by atoms with E-state index in [-0.39, 0.29) is 17.6 Å². The second kappa shape index (κ2) is 5.95. The number of amides is 1. The molecule has 3 rings (SSSR count). The number of nitrogens with one attached hydrogen (secondary N) is 2. The van der Waals surface area contributed by atoms with Crippen molar-refractivity contribution in [3.63, 3.8) is 0 Å². The molecule has 2 N–H and O–H groups in total. The van der Waals surface area contributed by atoms with E-state index < -0.39 is 5.82 Å². The smallest absolute Gasteiger partial charge is 0.241 e. The first kappa shape index (κ1) is 14.2. The van der Waals surface area contributed by atoms with E-state index in [9.17, 15) is 9.18 Å². The standard InChI is InChI=1S/C16H14BrFN2O/c17-12-5-6-14(13(18)8-12)20-16(21)15-7-10-3-1-2-4-11(10)9-19-15/h1-6,8,15,19H,7,9H2,(H,20,21)/t15-/m0/s1. The largest absolute Gasteiger partial charge is 0.322 e. The lowest BCUT2D eigenvalue weighted by molar-refractivity contribution is -0.118. The summed E-state index contributed by atoms with van der Waals surface area (Å²) in [5.74, 6) is -0.667. The summed E-state index contributed by atoms with van der Waals surface area (Å²) >= 11 is 3.19. The molecule has 108 valence electrons. The van der Waals surface area contributed by atoms with Gasteiger partial charge in [-0.25, -0.2) is 4.39 Å². The molecule has 0 fully saturated rings. The van der Waals surface area contributed by atoms with Crippen LogP contribution < -0.4 is 10.6 Å². The zero-order valence-corrected chi connectivity index (χ0v) is 12.8. The molecule has 0 spiro atoms. The molecule has 1 atom stereocenters. The van der Waals surface area contributed by atoms with Gasteiger partial charge in [-0.1, -0.05) is 40.2 Å². The van der Waals surface area contributed by atoms with Crippen LogP contribution in [-0.2, 0) is 17.8 Å². The van der Waals surface area contributed by atoms with Crippen molar-refractivity contribution in [2.24, 2.45) is 0 Å². The van der Waals surface area contributed by atoms with E-state index in [0.717, 1.165) is 5.56 Å². The van der Waals surface area contributed by atoms with Crippen LogP contribution >= 0.6 is 15.9 Å². The molecular weight excluding hydrogens is 335 g/mol. The van der Waals surface area contributed by atoms with E-state index in [1.807, 2.05) is 24.3 Å². The summed E-state index contributed by atoms with van der Waals surface area (Å²) in [5, 5.41) is 5.82. The van der Waals surface area contributed by atoms with Crippen LogP contribution in [0.4, 0.5) is 10.1 Å². The molecule has 0 saturated carbocycles. The fourth-order valence-electron chi connectivity index (χ4n) is 2.45. The number of anilines is 1. The Morgan fingerprint density at radius 2 is 2.00 bits per heavy atom. The fourth-order valence-corrected chi connectivity index (χ4v) is 2.78. The Kier molecular flexibility index (Phi) is 4.03. The molecule has 2 aromatic rings. The van der Waals surface area contributed by atoms with Crippen molar-refractivity contribution in [2.75, 3.05) is 5.32 Å². The summed E-state index contributed by atoms with van der Waals surface area (Å²) in [4.78, 5) is 12.3. The fraction of sp³-hybridized carbons (Fsp3) is 0.188. The van der Waals surface area contributed by atoms with Gasteiger partial charge in [0.15, 0.2) is 0 Å². The van der Waals surface area contributed by atoms with Gasteiger partial charge in [0, 0.05) is 11.0 Å². The van der Waals surface area contributed by atoms with Gasteiger partial charge in [0.25, 0.3) is 0 Å². The third kappa shape index (κ3) is 3.14. The Morgan fingerprint density at radius 1 is 1.24 bits per heavy atom. The highest BCUT2D eigenvalue weighted by molar-refractivity contribution is 9.10. The summed E-state index contributed by atoms with van der Waals surface area (Å²) in [5.41, 5.74) is 2.56. The summed E-state index contributed by atoms with van der Waals surface area (Å²) in [6.45, 7) is 0.650. The average molecular weight is 349 g/mol. The highest BCUT2D eigenvalue weighted by Crippen LogP contribution is 2.21. The minimum atomic E-state index is -0.450. The van der Waals surface area contributed by atoms with Crippen LogP contribution in [0.2, 0.25) is 0 Å². The average Bonchev–Trinajstić information content (AvgIpc) is 2.49. The number of fused-ring (bicyclic) bond motifs is 1. The topological polar surface area (TPSA) is 41.1 Å². The first-order chi connectivity index (χ1) is 10.1. The minimum absolute atomic E-state index is 0.198. The van der Waals surface area contributed by atoms with Gasteiger partial charge in [-0.3, -0.25) is 4.79 Å². The van der Waals surface area contributed by atoms with Gasteiger partial charge < -0.3 is 10.6 Å². The van der Waals surface area contributed by atoms with Crippen molar-refractivity contribution in [1.29, 1.82) is 0 Å². The summed E-state index contributed by atoms with van der Waals surface area (Å²) < 4.78 is 14.4. The zero-order valence-electron chi connectivity index (χ0n) is 11.2. The summed E-state index contributed by atoms with van der Waals surface area (Å²) in [6, 6.07) is 12.3. The van der Waals surface area contributed by atoms with Gasteiger partial charge in [-0.15, -0.1) is 0 Å². The Labute approximate surface area is 130 Å². The van der Waals surface area contributed by atoms with E-state index in [4.69, 9.17) is 0 Å². The molecule has 21 heavy (non-hydrogen) atoms. The molecule has 1 aliphatic rings. The third-order valence-corrected chi connectivity index (χ3v) is 4.08. The highest BCUT2D eigenvalue weighted by Gasteiger charge is 2.24. The van der Waals surface area contributed by atoms with Crippen LogP contribution in [-0.4, -0.2) is 11.9 Å². The van der Waals surface area contributed by atoms with Gasteiger partial charge in [0.1, 0.15) is 5.82 Å². The SMILES string of the molecule is O=C(Nc1ccc(Br)cc1F)[C@@H]1Cc2ccccc2CN1. The zero-order chi connectivity index (χ0) is 14.8. The molecule has 0 radical (unpaired) electrons. The Balaban J connectivity index is 1.72. The van der Waals surface area contributed by atoms with Crippen LogP contribution in [0.25, 0.3) is 0 Å². The normalized spacial score (nSPS) is 17.1. The second-order valence-corrected chi connectivity index (χ2v) is 5.94. The maximum Gasteiger partial charge on any atom is 0.241 e. The predicted octanol–water partition coefficient (Wildman–Crippen LogP) is 3.24. The lowest BCUT2D eigenvalue weighted by Gasteiger charge is -2.25. The molecule has 0 aliphatic carbocycles. The van der Waals surface area contributed by atoms with Gasteiger partial charge in [-0.05, 0) is 35.7 Å². The van der Waals surface area contributed by atoms with Gasteiger partial charge in [0.05, 0.1) is 11.7 Å². The molecular formula is C16H14BrFN2O. The molecule has 1 amide bonds. The first-order valence-corrected chi connectivity index (χ1v) is 7.49. The number of carbonyl (C=O) groups is 1. The molecule has 1 heterocycles. The monoisotopic (exact) mass is 348 g/mol. The van der Waals surface area contributed by atoms with Crippen molar-refractivity contribution in [2.45, 2.75) is 19.0 Å². The summed E-state index contributed by atoms with van der Waals surface area (Å²) in [7, 11) is 0. The molecule has 1 aliphatic heterocycles. The van der Waals surface area contributed by atoms with E-state index in [1.165, 1.54) is 11.6 Å². The Hall–Kier alpha value is -1.72. The lowest BCUT2D eigenvalue weighted by Crippen LogP contribution is -2.44. The van der Waals surface area contributed by atoms with Crippen molar-refractivity contribution >= 4 is 27.5 Å². The van der Waals surface area contributed by atoms with Crippen LogP contribution in [0.5, 0.6) is 0 Å². The molecule has 0 saturated heterocycles. The minimum Gasteiger partial charge on any atom is -0.322 e. The van der Waals surface area contributed by atoms with Crippen LogP contribution in [0.3, 0.4) is 0 Å². The molecule has 2 aromatic carbocycles. The van der Waals surface area contributed by atoms with E-state index in [1.54, 1.807) is 12.1 Å². The number of halogens is 2. The number of benzene rings is 2. The third-order valence-electron chi connectivity index (χ3n) is 3.59. The van der Waals surface area contributed by atoms with Crippen LogP contribution in [0.15, 0.2) is 46.9 Å².